The Morgan fingerprint density at radius 3 is 2.69 bits per heavy atom. The number of halogens is 1. The van der Waals surface area contributed by atoms with Crippen LogP contribution in [0.4, 0.5) is 4.39 Å². The van der Waals surface area contributed by atoms with Crippen molar-refractivity contribution in [1.82, 2.24) is 15.2 Å². The first-order valence-electron chi connectivity index (χ1n) is 10.9. The third kappa shape index (κ3) is 5.39. The van der Waals surface area contributed by atoms with E-state index < -0.39 is 6.10 Å². The molecule has 0 bridgehead atoms. The Balaban J connectivity index is 1.31. The molecule has 2 aromatic carbocycles. The molecule has 4 rings (SSSR count). The number of aromatic nitrogens is 1. The molecule has 166 valence electrons. The second-order valence-corrected chi connectivity index (χ2v) is 8.47. The smallest absolute Gasteiger partial charge is 0.253 e. The molecule has 0 radical (unpaired) electrons. The van der Waals surface area contributed by atoms with Gasteiger partial charge in [0.15, 0.2) is 0 Å². The quantitative estimate of drug-likeness (QED) is 0.593. The SMILES string of the molecule is CN(Cc1cccnc1)C(=O)c1ccc(C[C@@H]2CC[C@H](C(O)c3cccc(F)c3)N2)cc1. The Bertz CT molecular complexity index is 1040. The monoisotopic (exact) mass is 433 g/mol. The van der Waals surface area contributed by atoms with Crippen molar-refractivity contribution in [1.29, 1.82) is 0 Å². The summed E-state index contributed by atoms with van der Waals surface area (Å²) in [7, 11) is 1.79. The van der Waals surface area contributed by atoms with Gasteiger partial charge in [0.2, 0.25) is 0 Å². The maximum Gasteiger partial charge on any atom is 0.253 e. The van der Waals surface area contributed by atoms with Gasteiger partial charge in [-0.2, -0.15) is 0 Å². The van der Waals surface area contributed by atoms with Crippen LogP contribution < -0.4 is 5.32 Å². The van der Waals surface area contributed by atoms with Crippen molar-refractivity contribution >= 4 is 5.91 Å². The van der Waals surface area contributed by atoms with E-state index in [0.29, 0.717) is 17.7 Å². The molecule has 2 N–H and O–H groups in total. The molecule has 0 saturated carbocycles. The number of aliphatic hydroxyl groups excluding tert-OH is 1. The van der Waals surface area contributed by atoms with Gasteiger partial charge in [0.1, 0.15) is 5.82 Å². The second-order valence-electron chi connectivity index (χ2n) is 8.47. The molecule has 5 nitrogen and oxygen atoms in total. The topological polar surface area (TPSA) is 65.5 Å². The fourth-order valence-corrected chi connectivity index (χ4v) is 4.31. The highest BCUT2D eigenvalue weighted by molar-refractivity contribution is 5.94. The van der Waals surface area contributed by atoms with E-state index in [0.717, 1.165) is 30.4 Å². The average molecular weight is 434 g/mol. The van der Waals surface area contributed by atoms with Gasteiger partial charge in [-0.05, 0) is 66.3 Å². The Hall–Kier alpha value is -3.09. The summed E-state index contributed by atoms with van der Waals surface area (Å²) in [6.07, 6.45) is 5.33. The molecule has 3 aromatic rings. The van der Waals surface area contributed by atoms with Crippen LogP contribution in [0.2, 0.25) is 0 Å². The lowest BCUT2D eigenvalue weighted by Gasteiger charge is -2.21. The van der Waals surface area contributed by atoms with Crippen molar-refractivity contribution in [3.63, 3.8) is 0 Å². The number of amides is 1. The summed E-state index contributed by atoms with van der Waals surface area (Å²) in [6, 6.07) is 17.8. The van der Waals surface area contributed by atoms with Gasteiger partial charge in [-0.15, -0.1) is 0 Å². The lowest BCUT2D eigenvalue weighted by Crippen LogP contribution is -2.35. The van der Waals surface area contributed by atoms with E-state index in [2.05, 4.69) is 10.3 Å². The molecule has 1 aliphatic heterocycles. The van der Waals surface area contributed by atoms with Gasteiger partial charge in [0.25, 0.3) is 5.91 Å². The molecule has 6 heteroatoms. The van der Waals surface area contributed by atoms with Gasteiger partial charge >= 0.3 is 0 Å². The molecule has 2 heterocycles. The van der Waals surface area contributed by atoms with E-state index in [-0.39, 0.29) is 23.8 Å². The lowest BCUT2D eigenvalue weighted by atomic mass is 10.0. The van der Waals surface area contributed by atoms with E-state index in [1.165, 1.54) is 12.1 Å². The molecule has 1 amide bonds. The van der Waals surface area contributed by atoms with Gasteiger partial charge in [0.05, 0.1) is 6.10 Å². The number of hydrogen-bond acceptors (Lipinski definition) is 4. The van der Waals surface area contributed by atoms with Crippen LogP contribution in [0.15, 0.2) is 73.1 Å². The summed E-state index contributed by atoms with van der Waals surface area (Å²) < 4.78 is 13.5. The molecule has 0 aliphatic carbocycles. The molecule has 3 atom stereocenters. The summed E-state index contributed by atoms with van der Waals surface area (Å²) in [4.78, 5) is 18.5. The van der Waals surface area contributed by atoms with Crippen LogP contribution in [0.5, 0.6) is 0 Å². The van der Waals surface area contributed by atoms with Crippen LogP contribution in [-0.4, -0.2) is 40.0 Å². The third-order valence-corrected chi connectivity index (χ3v) is 6.02. The van der Waals surface area contributed by atoms with Gasteiger partial charge in [-0.1, -0.05) is 30.3 Å². The average Bonchev–Trinajstić information content (AvgIpc) is 3.27. The van der Waals surface area contributed by atoms with Crippen LogP contribution in [0, 0.1) is 5.82 Å². The molecule has 1 saturated heterocycles. The predicted octanol–water partition coefficient (Wildman–Crippen LogP) is 3.89. The highest BCUT2D eigenvalue weighted by Gasteiger charge is 2.30. The number of carbonyl (C=O) groups is 1. The maximum atomic E-state index is 13.5. The molecule has 1 unspecified atom stereocenters. The van der Waals surface area contributed by atoms with Gasteiger partial charge in [0, 0.05) is 43.6 Å². The standard InChI is InChI=1S/C26H28FN3O2/c1-30(17-19-4-3-13-28-16-19)26(32)20-9-7-18(8-10-20)14-23-11-12-24(29-23)25(31)21-5-2-6-22(27)15-21/h2-10,13,15-16,23-25,29,31H,11-12,14,17H2,1H3/t23-,24+,25?/m0/s1. The van der Waals surface area contributed by atoms with E-state index in [1.54, 1.807) is 36.5 Å². The zero-order valence-electron chi connectivity index (χ0n) is 18.1. The largest absolute Gasteiger partial charge is 0.387 e. The van der Waals surface area contributed by atoms with Gasteiger partial charge in [-0.3, -0.25) is 9.78 Å². The molecular weight excluding hydrogens is 405 g/mol. The summed E-state index contributed by atoms with van der Waals surface area (Å²) in [5, 5.41) is 14.1. The van der Waals surface area contributed by atoms with Crippen LogP contribution >= 0.6 is 0 Å². The van der Waals surface area contributed by atoms with E-state index in [9.17, 15) is 14.3 Å². The first-order chi connectivity index (χ1) is 15.5. The number of nitrogens with zero attached hydrogens (tertiary/aromatic N) is 2. The highest BCUT2D eigenvalue weighted by atomic mass is 19.1. The van der Waals surface area contributed by atoms with Crippen LogP contribution in [0.3, 0.4) is 0 Å². The Labute approximate surface area is 187 Å². The Morgan fingerprint density at radius 1 is 1.16 bits per heavy atom. The highest BCUT2D eigenvalue weighted by Crippen LogP contribution is 2.27. The second kappa shape index (κ2) is 10.0. The number of aliphatic hydroxyl groups is 1. The van der Waals surface area contributed by atoms with Crippen molar-refractivity contribution in [2.75, 3.05) is 7.05 Å². The van der Waals surface area contributed by atoms with Crippen LogP contribution in [0.25, 0.3) is 0 Å². The summed E-state index contributed by atoms with van der Waals surface area (Å²) in [6.45, 7) is 0.509. The predicted molar refractivity (Wildman–Crippen MR) is 121 cm³/mol. The van der Waals surface area contributed by atoms with Crippen molar-refractivity contribution < 1.29 is 14.3 Å². The van der Waals surface area contributed by atoms with Crippen LogP contribution in [-0.2, 0) is 13.0 Å². The zero-order chi connectivity index (χ0) is 22.5. The molecule has 32 heavy (non-hydrogen) atoms. The van der Waals surface area contributed by atoms with Crippen molar-refractivity contribution in [2.24, 2.45) is 0 Å². The minimum Gasteiger partial charge on any atom is -0.387 e. The normalized spacial score (nSPS) is 19.0. The molecule has 1 fully saturated rings. The molecule has 1 aromatic heterocycles. The molecule has 1 aliphatic rings. The summed E-state index contributed by atoms with van der Waals surface area (Å²) in [5.41, 5.74) is 3.37. The molecule has 0 spiro atoms. The third-order valence-electron chi connectivity index (χ3n) is 6.02. The number of carbonyl (C=O) groups excluding carboxylic acids is 1. The fourth-order valence-electron chi connectivity index (χ4n) is 4.31. The minimum absolute atomic E-state index is 0.0299. The summed E-state index contributed by atoms with van der Waals surface area (Å²) >= 11 is 0. The minimum atomic E-state index is -0.731. The van der Waals surface area contributed by atoms with Gasteiger partial charge < -0.3 is 15.3 Å². The summed E-state index contributed by atoms with van der Waals surface area (Å²) in [5.74, 6) is -0.366. The first kappa shape index (κ1) is 22.1. The number of pyridine rings is 1. The lowest BCUT2D eigenvalue weighted by molar-refractivity contribution is 0.0785. The number of rotatable bonds is 7. The Morgan fingerprint density at radius 2 is 1.97 bits per heavy atom. The molecular formula is C26H28FN3O2. The first-order valence-corrected chi connectivity index (χ1v) is 10.9. The Kier molecular flexibility index (Phi) is 6.93. The van der Waals surface area contributed by atoms with Crippen LogP contribution in [0.1, 0.15) is 46.0 Å². The van der Waals surface area contributed by atoms with E-state index >= 15 is 0 Å². The van der Waals surface area contributed by atoms with E-state index in [1.807, 2.05) is 36.4 Å². The number of hydrogen-bond donors (Lipinski definition) is 2. The number of benzene rings is 2. The van der Waals surface area contributed by atoms with Crippen molar-refractivity contribution in [3.8, 4) is 0 Å². The fraction of sp³-hybridized carbons (Fsp3) is 0.308. The van der Waals surface area contributed by atoms with E-state index in [4.69, 9.17) is 0 Å². The van der Waals surface area contributed by atoms with Crippen molar-refractivity contribution in [3.05, 3.63) is 101 Å². The number of nitrogens with one attached hydrogen (secondary N) is 1. The van der Waals surface area contributed by atoms with Crippen molar-refractivity contribution in [2.45, 2.75) is 44.0 Å². The zero-order valence-corrected chi connectivity index (χ0v) is 18.1. The van der Waals surface area contributed by atoms with Gasteiger partial charge in [-0.25, -0.2) is 4.39 Å². The maximum absolute atomic E-state index is 13.5.